The van der Waals surface area contributed by atoms with Crippen molar-refractivity contribution >= 4 is 21.6 Å². The van der Waals surface area contributed by atoms with E-state index in [1.54, 1.807) is 0 Å². The molecule has 0 bridgehead atoms. The van der Waals surface area contributed by atoms with Crippen molar-refractivity contribution in [1.29, 1.82) is 0 Å². The van der Waals surface area contributed by atoms with E-state index in [1.807, 2.05) is 48.5 Å². The number of nitrogen functional groups attached to an aromatic ring is 1. The van der Waals surface area contributed by atoms with Crippen molar-refractivity contribution in [2.45, 2.75) is 13.0 Å². The minimum Gasteiger partial charge on any atom is -0.489 e. The molecular formula is C16H16BrNO. The molecule has 0 saturated heterocycles. The third-order valence-corrected chi connectivity index (χ3v) is 3.56. The zero-order valence-corrected chi connectivity index (χ0v) is 12.2. The van der Waals surface area contributed by atoms with Crippen molar-refractivity contribution in [2.24, 2.45) is 0 Å². The fraction of sp³-hybridized carbons (Fsp3) is 0.125. The molecule has 0 amide bonds. The van der Waals surface area contributed by atoms with Gasteiger partial charge in [-0.2, -0.15) is 0 Å². The molecule has 2 aromatic rings. The van der Waals surface area contributed by atoms with E-state index in [-0.39, 0.29) is 0 Å². The highest BCUT2D eigenvalue weighted by atomic mass is 79.9. The minimum absolute atomic E-state index is 0.523. The van der Waals surface area contributed by atoms with Crippen LogP contribution in [0.2, 0.25) is 0 Å². The van der Waals surface area contributed by atoms with E-state index in [1.165, 1.54) is 0 Å². The van der Waals surface area contributed by atoms with Gasteiger partial charge in [0.25, 0.3) is 0 Å². The zero-order chi connectivity index (χ0) is 13.7. The maximum absolute atomic E-state index is 5.88. The third-order valence-electron chi connectivity index (χ3n) is 2.79. The molecule has 2 aromatic carbocycles. The largest absolute Gasteiger partial charge is 0.489 e. The fourth-order valence-electron chi connectivity index (χ4n) is 1.83. The number of halogens is 1. The molecule has 19 heavy (non-hydrogen) atoms. The smallest absolute Gasteiger partial charge is 0.123 e. The van der Waals surface area contributed by atoms with Gasteiger partial charge in [0.2, 0.25) is 0 Å². The third kappa shape index (κ3) is 3.61. The Morgan fingerprint density at radius 3 is 2.68 bits per heavy atom. The maximum atomic E-state index is 5.88. The number of hydrogen-bond donors (Lipinski definition) is 1. The van der Waals surface area contributed by atoms with Crippen LogP contribution in [0.4, 0.5) is 5.69 Å². The average Bonchev–Trinajstić information content (AvgIpc) is 2.40. The molecule has 98 valence electrons. The lowest BCUT2D eigenvalue weighted by atomic mass is 10.1. The van der Waals surface area contributed by atoms with E-state index >= 15 is 0 Å². The lowest BCUT2D eigenvalue weighted by Crippen LogP contribution is -2.00. The van der Waals surface area contributed by atoms with Crippen molar-refractivity contribution in [3.05, 3.63) is 70.7 Å². The Kier molecular flexibility index (Phi) is 4.63. The van der Waals surface area contributed by atoms with Crippen LogP contribution in [-0.4, -0.2) is 0 Å². The first-order valence-electron chi connectivity index (χ1n) is 6.06. The SMILES string of the molecule is C=CCc1cc(N)ccc1OCc1ccccc1Br. The number of ether oxygens (including phenoxy) is 1. The van der Waals surface area contributed by atoms with Crippen LogP contribution in [0.5, 0.6) is 5.75 Å². The summed E-state index contributed by atoms with van der Waals surface area (Å²) >= 11 is 3.51. The summed E-state index contributed by atoms with van der Waals surface area (Å²) in [5.41, 5.74) is 8.70. The number of rotatable bonds is 5. The Hall–Kier alpha value is -1.74. The van der Waals surface area contributed by atoms with Crippen LogP contribution >= 0.6 is 15.9 Å². The Labute approximate surface area is 122 Å². The summed E-state index contributed by atoms with van der Waals surface area (Å²) in [5, 5.41) is 0. The molecule has 0 aromatic heterocycles. The maximum Gasteiger partial charge on any atom is 0.123 e. The highest BCUT2D eigenvalue weighted by Gasteiger charge is 2.05. The summed E-state index contributed by atoms with van der Waals surface area (Å²) in [6, 6.07) is 13.7. The summed E-state index contributed by atoms with van der Waals surface area (Å²) in [4.78, 5) is 0. The summed E-state index contributed by atoms with van der Waals surface area (Å²) in [6.45, 7) is 4.28. The number of allylic oxidation sites excluding steroid dienone is 1. The molecule has 0 radical (unpaired) electrons. The molecule has 0 spiro atoms. The minimum atomic E-state index is 0.523. The van der Waals surface area contributed by atoms with Gasteiger partial charge in [-0.05, 0) is 36.2 Å². The van der Waals surface area contributed by atoms with Gasteiger partial charge in [0.1, 0.15) is 12.4 Å². The summed E-state index contributed by atoms with van der Waals surface area (Å²) in [5.74, 6) is 0.852. The standard InChI is InChI=1S/C16H16BrNO/c1-2-5-12-10-14(18)8-9-16(12)19-11-13-6-3-4-7-15(13)17/h2-4,6-10H,1,5,11,18H2. The Morgan fingerprint density at radius 1 is 1.16 bits per heavy atom. The van der Waals surface area contributed by atoms with Gasteiger partial charge in [0.15, 0.2) is 0 Å². The second kappa shape index (κ2) is 6.43. The van der Waals surface area contributed by atoms with Crippen LogP contribution in [0.25, 0.3) is 0 Å². The fourth-order valence-corrected chi connectivity index (χ4v) is 2.23. The molecule has 0 fully saturated rings. The summed E-state index contributed by atoms with van der Waals surface area (Å²) in [7, 11) is 0. The predicted octanol–water partition coefficient (Wildman–Crippen LogP) is 4.34. The van der Waals surface area contributed by atoms with Crippen LogP contribution in [0.1, 0.15) is 11.1 Å². The second-order valence-corrected chi connectivity index (χ2v) is 5.09. The molecule has 2 N–H and O–H groups in total. The van der Waals surface area contributed by atoms with Gasteiger partial charge < -0.3 is 10.5 Å². The lowest BCUT2D eigenvalue weighted by Gasteiger charge is -2.12. The highest BCUT2D eigenvalue weighted by Crippen LogP contribution is 2.24. The molecular weight excluding hydrogens is 302 g/mol. The van der Waals surface area contributed by atoms with Gasteiger partial charge in [-0.1, -0.05) is 40.2 Å². The van der Waals surface area contributed by atoms with Gasteiger partial charge in [-0.3, -0.25) is 0 Å². The number of nitrogens with two attached hydrogens (primary N) is 1. The Balaban J connectivity index is 2.15. The van der Waals surface area contributed by atoms with Gasteiger partial charge >= 0.3 is 0 Å². The first kappa shape index (κ1) is 13.7. The molecule has 2 rings (SSSR count). The Morgan fingerprint density at radius 2 is 1.95 bits per heavy atom. The normalized spacial score (nSPS) is 10.2. The Bertz CT molecular complexity index is 581. The van der Waals surface area contributed by atoms with Crippen molar-refractivity contribution in [3.63, 3.8) is 0 Å². The van der Waals surface area contributed by atoms with Crippen LogP contribution in [0.15, 0.2) is 59.6 Å². The molecule has 0 heterocycles. The van der Waals surface area contributed by atoms with Crippen molar-refractivity contribution in [1.82, 2.24) is 0 Å². The highest BCUT2D eigenvalue weighted by molar-refractivity contribution is 9.10. The second-order valence-electron chi connectivity index (χ2n) is 4.24. The van der Waals surface area contributed by atoms with Gasteiger partial charge in [-0.25, -0.2) is 0 Å². The van der Waals surface area contributed by atoms with Crippen LogP contribution in [0, 0.1) is 0 Å². The predicted molar refractivity (Wildman–Crippen MR) is 83.2 cm³/mol. The molecule has 2 nitrogen and oxygen atoms in total. The van der Waals surface area contributed by atoms with Crippen LogP contribution < -0.4 is 10.5 Å². The van der Waals surface area contributed by atoms with E-state index in [0.717, 1.165) is 33.5 Å². The van der Waals surface area contributed by atoms with E-state index < -0.39 is 0 Å². The topological polar surface area (TPSA) is 35.2 Å². The van der Waals surface area contributed by atoms with Gasteiger partial charge in [-0.15, -0.1) is 6.58 Å². The van der Waals surface area contributed by atoms with Crippen molar-refractivity contribution in [2.75, 3.05) is 5.73 Å². The average molecular weight is 318 g/mol. The number of benzene rings is 2. The van der Waals surface area contributed by atoms with E-state index in [4.69, 9.17) is 10.5 Å². The lowest BCUT2D eigenvalue weighted by molar-refractivity contribution is 0.303. The zero-order valence-electron chi connectivity index (χ0n) is 10.6. The molecule has 0 unspecified atom stereocenters. The van der Waals surface area contributed by atoms with Gasteiger partial charge in [0.05, 0.1) is 0 Å². The van der Waals surface area contributed by atoms with Crippen LogP contribution in [-0.2, 0) is 13.0 Å². The van der Waals surface area contributed by atoms with Gasteiger partial charge in [0, 0.05) is 15.7 Å². The first-order valence-corrected chi connectivity index (χ1v) is 6.85. The summed E-state index contributed by atoms with van der Waals surface area (Å²) in [6.07, 6.45) is 2.59. The molecule has 0 aliphatic rings. The molecule has 0 aliphatic carbocycles. The van der Waals surface area contributed by atoms with Crippen molar-refractivity contribution < 1.29 is 4.74 Å². The quantitative estimate of drug-likeness (QED) is 0.657. The van der Waals surface area contributed by atoms with Crippen LogP contribution in [0.3, 0.4) is 0 Å². The molecule has 0 aliphatic heterocycles. The van der Waals surface area contributed by atoms with Crippen molar-refractivity contribution in [3.8, 4) is 5.75 Å². The monoisotopic (exact) mass is 317 g/mol. The van der Waals surface area contributed by atoms with E-state index in [0.29, 0.717) is 6.61 Å². The summed E-state index contributed by atoms with van der Waals surface area (Å²) < 4.78 is 6.93. The number of anilines is 1. The number of hydrogen-bond acceptors (Lipinski definition) is 2. The molecule has 0 saturated carbocycles. The van der Waals surface area contributed by atoms with E-state index in [9.17, 15) is 0 Å². The first-order chi connectivity index (χ1) is 9.20. The van der Waals surface area contributed by atoms with E-state index in [2.05, 4.69) is 22.5 Å². The molecule has 3 heteroatoms. The molecule has 0 atom stereocenters.